The third-order valence-corrected chi connectivity index (χ3v) is 7.03. The van der Waals surface area contributed by atoms with Crippen molar-refractivity contribution < 1.29 is 23.1 Å². The molecule has 0 bridgehead atoms. The van der Waals surface area contributed by atoms with Crippen LogP contribution in [0.2, 0.25) is 10.0 Å². The highest BCUT2D eigenvalue weighted by molar-refractivity contribution is 7.91. The van der Waals surface area contributed by atoms with E-state index in [0.29, 0.717) is 5.02 Å². The molecule has 1 aromatic carbocycles. The summed E-state index contributed by atoms with van der Waals surface area (Å²) < 4.78 is 25.4. The zero-order chi connectivity index (χ0) is 19.0. The van der Waals surface area contributed by atoms with Gasteiger partial charge in [0, 0.05) is 22.9 Å². The van der Waals surface area contributed by atoms with Crippen molar-refractivity contribution in [1.29, 1.82) is 0 Å². The zero-order valence-electron chi connectivity index (χ0n) is 13.8. The third kappa shape index (κ3) is 4.53. The van der Waals surface area contributed by atoms with Gasteiger partial charge in [0.05, 0.1) is 15.7 Å². The molecule has 2 rings (SSSR count). The Hall–Kier alpha value is -1.15. The predicted octanol–water partition coefficient (Wildman–Crippen LogP) is 2.43. The normalized spacial score (nSPS) is 21.3. The maximum atomic E-state index is 12.7. The number of carbonyl (C=O) groups is 2. The first kappa shape index (κ1) is 20.2. The number of carboxylic acids is 1. The Morgan fingerprint density at radius 2 is 1.96 bits per heavy atom. The lowest BCUT2D eigenvalue weighted by Crippen LogP contribution is -2.37. The van der Waals surface area contributed by atoms with Gasteiger partial charge in [0.25, 0.3) is 0 Å². The summed E-state index contributed by atoms with van der Waals surface area (Å²) in [5, 5.41) is 12.1. The highest BCUT2D eigenvalue weighted by atomic mass is 35.5. The molecule has 1 saturated heterocycles. The van der Waals surface area contributed by atoms with E-state index in [1.807, 2.05) is 0 Å². The molecule has 25 heavy (non-hydrogen) atoms. The Balaban J connectivity index is 2.19. The van der Waals surface area contributed by atoms with Gasteiger partial charge in [0.1, 0.15) is 11.8 Å². The molecule has 9 heteroatoms. The minimum Gasteiger partial charge on any atom is -0.480 e. The van der Waals surface area contributed by atoms with Gasteiger partial charge in [-0.3, -0.25) is 9.59 Å². The zero-order valence-corrected chi connectivity index (χ0v) is 16.1. The van der Waals surface area contributed by atoms with Crippen molar-refractivity contribution in [2.45, 2.75) is 31.2 Å². The molecule has 1 heterocycles. The lowest BCUT2D eigenvalue weighted by Gasteiger charge is -2.26. The standard InChI is InChI=1S/C16H19Cl2NO5S/c1-16(2,14(20)9-5-12(15(21)22)19-7-9)8-25(23,24)13-4-3-10(17)6-11(13)18/h3-4,6,9,12,19H,5,7-8H2,1-2H3,(H,21,22)/t9-,12+/m1/s1. The summed E-state index contributed by atoms with van der Waals surface area (Å²) in [5.74, 6) is -2.26. The minimum atomic E-state index is -3.82. The molecule has 2 atom stereocenters. The molecule has 0 spiro atoms. The molecule has 2 N–H and O–H groups in total. The van der Waals surface area contributed by atoms with Gasteiger partial charge in [0.2, 0.25) is 0 Å². The second kappa shape index (κ2) is 7.23. The fourth-order valence-electron chi connectivity index (χ4n) is 3.03. The van der Waals surface area contributed by atoms with E-state index < -0.39 is 38.9 Å². The Kier molecular flexibility index (Phi) is 5.83. The molecule has 1 aromatic rings. The highest BCUT2D eigenvalue weighted by Gasteiger charge is 2.42. The molecule has 138 valence electrons. The number of rotatable bonds is 6. The molecule has 6 nitrogen and oxygen atoms in total. The molecule has 0 aliphatic carbocycles. The van der Waals surface area contributed by atoms with Crippen molar-refractivity contribution in [1.82, 2.24) is 5.32 Å². The van der Waals surface area contributed by atoms with Crippen molar-refractivity contribution in [3.63, 3.8) is 0 Å². The monoisotopic (exact) mass is 407 g/mol. The summed E-state index contributed by atoms with van der Waals surface area (Å²) >= 11 is 11.8. The molecule has 1 aliphatic rings. The van der Waals surface area contributed by atoms with Crippen molar-refractivity contribution >= 4 is 44.8 Å². The summed E-state index contributed by atoms with van der Waals surface area (Å²) in [5.41, 5.74) is -1.18. The number of hydrogen-bond donors (Lipinski definition) is 2. The first-order valence-electron chi connectivity index (χ1n) is 7.62. The molecule has 0 saturated carbocycles. The first-order chi connectivity index (χ1) is 11.4. The van der Waals surface area contributed by atoms with E-state index in [1.54, 1.807) is 13.8 Å². The van der Waals surface area contributed by atoms with Crippen LogP contribution in [0, 0.1) is 11.3 Å². The van der Waals surface area contributed by atoms with Crippen LogP contribution in [-0.2, 0) is 19.4 Å². The number of nitrogens with one attached hydrogen (secondary N) is 1. The Bertz CT molecular complexity index is 807. The van der Waals surface area contributed by atoms with E-state index in [1.165, 1.54) is 18.2 Å². The van der Waals surface area contributed by atoms with Crippen molar-refractivity contribution in [3.05, 3.63) is 28.2 Å². The fraction of sp³-hybridized carbons (Fsp3) is 0.500. The van der Waals surface area contributed by atoms with Crippen LogP contribution in [0.25, 0.3) is 0 Å². The third-order valence-electron chi connectivity index (χ3n) is 4.25. The van der Waals surface area contributed by atoms with Gasteiger partial charge in [-0.15, -0.1) is 0 Å². The van der Waals surface area contributed by atoms with Gasteiger partial charge in [-0.25, -0.2) is 8.42 Å². The summed E-state index contributed by atoms with van der Waals surface area (Å²) in [7, 11) is -3.82. The highest BCUT2D eigenvalue weighted by Crippen LogP contribution is 2.33. The Morgan fingerprint density at radius 1 is 1.32 bits per heavy atom. The summed E-state index contributed by atoms with van der Waals surface area (Å²) in [4.78, 5) is 23.7. The molecule has 0 radical (unpaired) electrons. The quantitative estimate of drug-likeness (QED) is 0.750. The topological polar surface area (TPSA) is 101 Å². The van der Waals surface area contributed by atoms with Crippen LogP contribution < -0.4 is 5.32 Å². The SMILES string of the molecule is CC(C)(CS(=O)(=O)c1ccc(Cl)cc1Cl)C(=O)[C@H]1CN[C@H](C(=O)O)C1. The lowest BCUT2D eigenvalue weighted by atomic mass is 9.82. The van der Waals surface area contributed by atoms with Crippen LogP contribution in [0.5, 0.6) is 0 Å². The van der Waals surface area contributed by atoms with Crippen LogP contribution in [0.4, 0.5) is 0 Å². The predicted molar refractivity (Wildman–Crippen MR) is 94.8 cm³/mol. The fourth-order valence-corrected chi connectivity index (χ4v) is 5.67. The maximum absolute atomic E-state index is 12.7. The van der Waals surface area contributed by atoms with E-state index in [-0.39, 0.29) is 28.7 Å². The minimum absolute atomic E-state index is 0.00391. The average molecular weight is 408 g/mol. The van der Waals surface area contributed by atoms with Gasteiger partial charge in [-0.1, -0.05) is 37.0 Å². The van der Waals surface area contributed by atoms with Crippen molar-refractivity contribution in [2.24, 2.45) is 11.3 Å². The second-order valence-electron chi connectivity index (χ2n) is 6.81. The Labute approximate surface area is 156 Å². The number of halogens is 2. The van der Waals surface area contributed by atoms with Crippen molar-refractivity contribution in [3.8, 4) is 0 Å². The molecule has 0 unspecified atom stereocenters. The summed E-state index contributed by atoms with van der Waals surface area (Å²) in [6, 6.07) is 3.29. The molecular formula is C16H19Cl2NO5S. The number of aliphatic carboxylic acids is 1. The lowest BCUT2D eigenvalue weighted by molar-refractivity contribution is -0.139. The largest absolute Gasteiger partial charge is 0.480 e. The van der Waals surface area contributed by atoms with Gasteiger partial charge >= 0.3 is 5.97 Å². The van der Waals surface area contributed by atoms with Gasteiger partial charge < -0.3 is 10.4 Å². The Morgan fingerprint density at radius 3 is 2.48 bits per heavy atom. The van der Waals surface area contributed by atoms with E-state index in [4.69, 9.17) is 28.3 Å². The van der Waals surface area contributed by atoms with Gasteiger partial charge in [-0.2, -0.15) is 0 Å². The molecule has 0 amide bonds. The second-order valence-corrected chi connectivity index (χ2v) is 9.62. The van der Waals surface area contributed by atoms with Gasteiger partial charge in [0.15, 0.2) is 9.84 Å². The molecular weight excluding hydrogens is 389 g/mol. The van der Waals surface area contributed by atoms with Crippen LogP contribution in [0.1, 0.15) is 20.3 Å². The number of carboxylic acid groups (broad SMARTS) is 1. The van der Waals surface area contributed by atoms with Crippen molar-refractivity contribution in [2.75, 3.05) is 12.3 Å². The van der Waals surface area contributed by atoms with E-state index in [0.717, 1.165) is 0 Å². The molecule has 1 fully saturated rings. The summed E-state index contributed by atoms with van der Waals surface area (Å²) in [6.07, 6.45) is 0.152. The van der Waals surface area contributed by atoms with E-state index in [2.05, 4.69) is 5.32 Å². The smallest absolute Gasteiger partial charge is 0.320 e. The summed E-state index contributed by atoms with van der Waals surface area (Å²) in [6.45, 7) is 3.32. The van der Waals surface area contributed by atoms with Crippen LogP contribution >= 0.6 is 23.2 Å². The number of benzene rings is 1. The number of sulfone groups is 1. The number of carbonyl (C=O) groups excluding carboxylic acids is 1. The van der Waals surface area contributed by atoms with E-state index >= 15 is 0 Å². The number of hydrogen-bond acceptors (Lipinski definition) is 5. The van der Waals surface area contributed by atoms with Crippen LogP contribution in [0.15, 0.2) is 23.1 Å². The first-order valence-corrected chi connectivity index (χ1v) is 10.0. The van der Waals surface area contributed by atoms with Gasteiger partial charge in [-0.05, 0) is 24.6 Å². The number of ketones is 1. The maximum Gasteiger partial charge on any atom is 0.320 e. The average Bonchev–Trinajstić information content (AvgIpc) is 2.94. The van der Waals surface area contributed by atoms with Crippen LogP contribution in [-0.4, -0.2) is 43.6 Å². The number of Topliss-reactive ketones (excluding diaryl/α,β-unsaturated/α-hetero) is 1. The van der Waals surface area contributed by atoms with Crippen LogP contribution in [0.3, 0.4) is 0 Å². The molecule has 0 aromatic heterocycles. The van der Waals surface area contributed by atoms with E-state index in [9.17, 15) is 18.0 Å². The molecule has 1 aliphatic heterocycles.